The Morgan fingerprint density at radius 3 is 2.80 bits per heavy atom. The van der Waals surface area contributed by atoms with E-state index >= 15 is 0 Å². The first kappa shape index (κ1) is 14.0. The molecule has 0 spiro atoms. The van der Waals surface area contributed by atoms with Crippen LogP contribution >= 0.6 is 0 Å². The Morgan fingerprint density at radius 2 is 2.20 bits per heavy atom. The van der Waals surface area contributed by atoms with Crippen molar-refractivity contribution in [1.82, 2.24) is 5.16 Å². The number of carbonyl (C=O) groups excluding carboxylic acids is 1. The molecule has 0 aliphatic rings. The van der Waals surface area contributed by atoms with E-state index in [9.17, 15) is 9.18 Å². The highest BCUT2D eigenvalue weighted by Gasteiger charge is 2.13. The standard InChI is InChI=1S/C14H15FN2O3/c1-8-12(9(2)20-17-8)7-16-10-4-5-13(15)11(6-10)14(18)19-3/h4-6,16H,7H2,1-3H3. The molecular weight excluding hydrogens is 263 g/mol. The minimum absolute atomic E-state index is 0.101. The molecule has 2 aromatic rings. The summed E-state index contributed by atoms with van der Waals surface area (Å²) in [4.78, 5) is 11.4. The Kier molecular flexibility index (Phi) is 4.02. The first-order valence-corrected chi connectivity index (χ1v) is 6.06. The van der Waals surface area contributed by atoms with Crippen LogP contribution in [0.5, 0.6) is 0 Å². The summed E-state index contributed by atoms with van der Waals surface area (Å²) in [6.45, 7) is 4.15. The van der Waals surface area contributed by atoms with Crippen molar-refractivity contribution in [3.8, 4) is 0 Å². The van der Waals surface area contributed by atoms with Crippen LogP contribution in [0.25, 0.3) is 0 Å². The molecule has 0 bridgehead atoms. The van der Waals surface area contributed by atoms with Gasteiger partial charge in [-0.15, -0.1) is 0 Å². The van der Waals surface area contributed by atoms with Gasteiger partial charge in [0.2, 0.25) is 0 Å². The third kappa shape index (κ3) is 2.79. The quantitative estimate of drug-likeness (QED) is 0.871. The van der Waals surface area contributed by atoms with E-state index in [4.69, 9.17) is 4.52 Å². The number of nitrogens with zero attached hydrogens (tertiary/aromatic N) is 1. The molecule has 0 aliphatic carbocycles. The summed E-state index contributed by atoms with van der Waals surface area (Å²) in [5.74, 6) is -0.589. The first-order chi connectivity index (χ1) is 9.52. The highest BCUT2D eigenvalue weighted by molar-refractivity contribution is 5.90. The molecule has 0 amide bonds. The van der Waals surface area contributed by atoms with E-state index in [1.54, 1.807) is 6.07 Å². The Bertz CT molecular complexity index is 618. The normalized spacial score (nSPS) is 10.4. The van der Waals surface area contributed by atoms with Gasteiger partial charge in [0.1, 0.15) is 11.6 Å². The zero-order valence-corrected chi connectivity index (χ0v) is 11.5. The smallest absolute Gasteiger partial charge is 0.340 e. The number of benzene rings is 1. The SMILES string of the molecule is COC(=O)c1cc(NCc2c(C)noc2C)ccc1F. The minimum Gasteiger partial charge on any atom is -0.465 e. The molecule has 1 heterocycles. The number of rotatable bonds is 4. The van der Waals surface area contributed by atoms with Crippen LogP contribution in [0.4, 0.5) is 10.1 Å². The van der Waals surface area contributed by atoms with Gasteiger partial charge in [0.25, 0.3) is 0 Å². The minimum atomic E-state index is -0.705. The maximum Gasteiger partial charge on any atom is 0.340 e. The second kappa shape index (κ2) is 5.73. The van der Waals surface area contributed by atoms with Crippen LogP contribution in [0.2, 0.25) is 0 Å². The van der Waals surface area contributed by atoms with Crippen LogP contribution in [0.3, 0.4) is 0 Å². The van der Waals surface area contributed by atoms with Gasteiger partial charge in [-0.25, -0.2) is 9.18 Å². The number of nitrogens with one attached hydrogen (secondary N) is 1. The Balaban J connectivity index is 2.16. The number of halogens is 1. The van der Waals surface area contributed by atoms with Gasteiger partial charge < -0.3 is 14.6 Å². The summed E-state index contributed by atoms with van der Waals surface area (Å²) in [6, 6.07) is 4.20. The van der Waals surface area contributed by atoms with Gasteiger partial charge in [-0.1, -0.05) is 5.16 Å². The number of hydrogen-bond donors (Lipinski definition) is 1. The van der Waals surface area contributed by atoms with E-state index in [1.165, 1.54) is 19.2 Å². The van der Waals surface area contributed by atoms with Gasteiger partial charge >= 0.3 is 5.97 Å². The van der Waals surface area contributed by atoms with Crippen LogP contribution in [0.1, 0.15) is 27.4 Å². The van der Waals surface area contributed by atoms with Gasteiger partial charge in [0, 0.05) is 17.8 Å². The van der Waals surface area contributed by atoms with E-state index < -0.39 is 11.8 Å². The molecule has 20 heavy (non-hydrogen) atoms. The highest BCUT2D eigenvalue weighted by atomic mass is 19.1. The summed E-state index contributed by atoms with van der Waals surface area (Å²) in [5, 5.41) is 6.95. The summed E-state index contributed by atoms with van der Waals surface area (Å²) >= 11 is 0. The second-order valence-corrected chi connectivity index (χ2v) is 4.34. The molecule has 5 nitrogen and oxygen atoms in total. The molecule has 0 aliphatic heterocycles. The van der Waals surface area contributed by atoms with Crippen molar-refractivity contribution in [1.29, 1.82) is 0 Å². The van der Waals surface area contributed by atoms with Crippen LogP contribution in [-0.2, 0) is 11.3 Å². The molecule has 0 unspecified atom stereocenters. The topological polar surface area (TPSA) is 64.4 Å². The van der Waals surface area contributed by atoms with E-state index in [0.29, 0.717) is 12.2 Å². The molecule has 0 saturated heterocycles. The molecule has 0 atom stereocenters. The van der Waals surface area contributed by atoms with Gasteiger partial charge in [-0.2, -0.15) is 0 Å². The summed E-state index contributed by atoms with van der Waals surface area (Å²) in [5.41, 5.74) is 2.25. The van der Waals surface area contributed by atoms with Crippen molar-refractivity contribution in [2.75, 3.05) is 12.4 Å². The van der Waals surface area contributed by atoms with Crippen molar-refractivity contribution in [2.45, 2.75) is 20.4 Å². The van der Waals surface area contributed by atoms with Crippen molar-refractivity contribution < 1.29 is 18.4 Å². The zero-order valence-electron chi connectivity index (χ0n) is 11.5. The van der Waals surface area contributed by atoms with Crippen LogP contribution < -0.4 is 5.32 Å². The number of ether oxygens (including phenoxy) is 1. The number of carbonyl (C=O) groups is 1. The maximum absolute atomic E-state index is 13.5. The average Bonchev–Trinajstić information content (AvgIpc) is 2.76. The predicted molar refractivity (Wildman–Crippen MR) is 71.0 cm³/mol. The molecule has 6 heteroatoms. The monoisotopic (exact) mass is 278 g/mol. The molecular formula is C14H15FN2O3. The number of aryl methyl sites for hydroxylation is 2. The van der Waals surface area contributed by atoms with Crippen molar-refractivity contribution in [3.05, 3.63) is 46.6 Å². The fraction of sp³-hybridized carbons (Fsp3) is 0.286. The van der Waals surface area contributed by atoms with Gasteiger partial charge in [0.05, 0.1) is 18.4 Å². The summed E-state index contributed by atoms with van der Waals surface area (Å²) in [6.07, 6.45) is 0. The lowest BCUT2D eigenvalue weighted by molar-refractivity contribution is 0.0595. The largest absolute Gasteiger partial charge is 0.465 e. The van der Waals surface area contributed by atoms with Crippen LogP contribution in [-0.4, -0.2) is 18.2 Å². The number of aromatic nitrogens is 1. The Labute approximate surface area is 115 Å². The lowest BCUT2D eigenvalue weighted by Gasteiger charge is -2.08. The van der Waals surface area contributed by atoms with E-state index in [2.05, 4.69) is 15.2 Å². The maximum atomic E-state index is 13.5. The van der Waals surface area contributed by atoms with E-state index in [-0.39, 0.29) is 5.56 Å². The van der Waals surface area contributed by atoms with E-state index in [1.807, 2.05) is 13.8 Å². The lowest BCUT2D eigenvalue weighted by atomic mass is 10.1. The fourth-order valence-corrected chi connectivity index (χ4v) is 1.85. The molecule has 0 fully saturated rings. The number of anilines is 1. The number of methoxy groups -OCH3 is 1. The first-order valence-electron chi connectivity index (χ1n) is 6.06. The molecule has 1 N–H and O–H groups in total. The summed E-state index contributed by atoms with van der Waals surface area (Å²) < 4.78 is 23.1. The molecule has 0 radical (unpaired) electrons. The fourth-order valence-electron chi connectivity index (χ4n) is 1.85. The Morgan fingerprint density at radius 1 is 1.45 bits per heavy atom. The summed E-state index contributed by atoms with van der Waals surface area (Å²) in [7, 11) is 1.21. The van der Waals surface area contributed by atoms with Gasteiger partial charge in [-0.3, -0.25) is 0 Å². The molecule has 2 rings (SSSR count). The third-order valence-electron chi connectivity index (χ3n) is 3.02. The van der Waals surface area contributed by atoms with Crippen molar-refractivity contribution >= 4 is 11.7 Å². The zero-order chi connectivity index (χ0) is 14.7. The van der Waals surface area contributed by atoms with Gasteiger partial charge in [-0.05, 0) is 32.0 Å². The van der Waals surface area contributed by atoms with Crippen LogP contribution in [0, 0.1) is 19.7 Å². The molecule has 106 valence electrons. The molecule has 1 aromatic carbocycles. The Hall–Kier alpha value is -2.37. The predicted octanol–water partition coefficient (Wildman–Crippen LogP) is 2.83. The average molecular weight is 278 g/mol. The third-order valence-corrected chi connectivity index (χ3v) is 3.02. The van der Waals surface area contributed by atoms with Gasteiger partial charge in [0.15, 0.2) is 0 Å². The molecule has 0 saturated carbocycles. The van der Waals surface area contributed by atoms with Crippen LogP contribution in [0.15, 0.2) is 22.7 Å². The number of esters is 1. The molecule has 1 aromatic heterocycles. The second-order valence-electron chi connectivity index (χ2n) is 4.34. The lowest BCUT2D eigenvalue weighted by Crippen LogP contribution is -2.07. The van der Waals surface area contributed by atoms with E-state index in [0.717, 1.165) is 17.0 Å². The van der Waals surface area contributed by atoms with Crippen molar-refractivity contribution in [3.63, 3.8) is 0 Å². The van der Waals surface area contributed by atoms with Crippen molar-refractivity contribution in [2.24, 2.45) is 0 Å². The number of hydrogen-bond acceptors (Lipinski definition) is 5. The highest BCUT2D eigenvalue weighted by Crippen LogP contribution is 2.18.